The highest BCUT2D eigenvalue weighted by Crippen LogP contribution is 2.40. The van der Waals surface area contributed by atoms with Gasteiger partial charge >= 0.3 is 5.97 Å². The lowest BCUT2D eigenvalue weighted by Crippen LogP contribution is -2.27. The van der Waals surface area contributed by atoms with Gasteiger partial charge in [-0.25, -0.2) is 5.01 Å². The molecule has 4 aromatic rings. The fourth-order valence-electron chi connectivity index (χ4n) is 4.62. The molecule has 0 radical (unpaired) electrons. The van der Waals surface area contributed by atoms with Gasteiger partial charge in [0, 0.05) is 29.9 Å². The van der Waals surface area contributed by atoms with E-state index in [1.807, 2.05) is 72.8 Å². The van der Waals surface area contributed by atoms with Crippen LogP contribution in [0.25, 0.3) is 10.8 Å². The normalized spacial score (nSPS) is 14.8. The molecule has 0 spiro atoms. The van der Waals surface area contributed by atoms with E-state index < -0.39 is 12.0 Å². The molecule has 4 aromatic carbocycles. The lowest BCUT2D eigenvalue weighted by molar-refractivity contribution is -0.131. The van der Waals surface area contributed by atoms with Crippen molar-refractivity contribution in [1.82, 2.24) is 5.01 Å². The molecule has 0 N–H and O–H groups in total. The van der Waals surface area contributed by atoms with Crippen molar-refractivity contribution in [3.8, 4) is 17.2 Å². The molecule has 0 aromatic heterocycles. The number of fused-ring (bicyclic) bond motifs is 1. The molecule has 0 unspecified atom stereocenters. The highest BCUT2D eigenvalue weighted by molar-refractivity contribution is 6.10. The second kappa shape index (κ2) is 10.1. The van der Waals surface area contributed by atoms with Crippen LogP contribution >= 0.6 is 0 Å². The quantitative estimate of drug-likeness (QED) is 0.251. The Morgan fingerprint density at radius 3 is 2.32 bits per heavy atom. The number of methoxy groups -OCH3 is 2. The van der Waals surface area contributed by atoms with Crippen LogP contribution in [0.5, 0.6) is 17.2 Å². The third-order valence-corrected chi connectivity index (χ3v) is 6.37. The second-order valence-electron chi connectivity index (χ2n) is 8.65. The Hall–Kier alpha value is -4.65. The van der Waals surface area contributed by atoms with Crippen molar-refractivity contribution in [2.75, 3.05) is 14.2 Å². The molecule has 1 amide bonds. The van der Waals surface area contributed by atoms with Crippen molar-refractivity contribution in [2.45, 2.75) is 19.4 Å². The van der Waals surface area contributed by atoms with E-state index in [2.05, 4.69) is 0 Å². The predicted octanol–water partition coefficient (Wildman–Crippen LogP) is 5.77. The van der Waals surface area contributed by atoms with E-state index in [1.165, 1.54) is 11.9 Å². The van der Waals surface area contributed by atoms with Crippen molar-refractivity contribution < 1.29 is 23.8 Å². The van der Waals surface area contributed by atoms with Crippen molar-refractivity contribution >= 4 is 28.4 Å². The van der Waals surface area contributed by atoms with Gasteiger partial charge in [0.15, 0.2) is 11.5 Å². The maximum absolute atomic E-state index is 13.6. The molecular weight excluding hydrogens is 468 g/mol. The van der Waals surface area contributed by atoms with Gasteiger partial charge in [-0.05, 0) is 41.3 Å². The number of amides is 1. The number of carbonyl (C=O) groups excluding carboxylic acids is 2. The number of esters is 1. The summed E-state index contributed by atoms with van der Waals surface area (Å²) in [6.45, 7) is 1.37. The Kier molecular flexibility index (Phi) is 6.60. The van der Waals surface area contributed by atoms with E-state index in [1.54, 1.807) is 26.4 Å². The van der Waals surface area contributed by atoms with Crippen LogP contribution in [0.15, 0.2) is 90.0 Å². The molecule has 1 atom stereocenters. The molecule has 5 rings (SSSR count). The SMILES string of the molecule is COc1ccc([C@@H]2CC(c3ccc4ccccc4c3OC(C)=O)=NN2C(=O)c2ccccc2)cc1OC. The Bertz CT molecular complexity index is 1510. The highest BCUT2D eigenvalue weighted by atomic mass is 16.5. The first kappa shape index (κ1) is 24.1. The summed E-state index contributed by atoms with van der Waals surface area (Å²) >= 11 is 0. The molecule has 0 saturated carbocycles. The number of rotatable bonds is 6. The van der Waals surface area contributed by atoms with Crippen LogP contribution in [-0.4, -0.2) is 36.8 Å². The van der Waals surface area contributed by atoms with Crippen molar-refractivity contribution in [2.24, 2.45) is 5.10 Å². The third-order valence-electron chi connectivity index (χ3n) is 6.37. The number of nitrogens with zero attached hydrogens (tertiary/aromatic N) is 2. The first-order valence-electron chi connectivity index (χ1n) is 11.9. The van der Waals surface area contributed by atoms with Crippen LogP contribution in [0, 0.1) is 0 Å². The lowest BCUT2D eigenvalue weighted by Gasteiger charge is -2.23. The van der Waals surface area contributed by atoms with E-state index >= 15 is 0 Å². The monoisotopic (exact) mass is 494 g/mol. The zero-order chi connectivity index (χ0) is 25.9. The third kappa shape index (κ3) is 4.63. The molecule has 0 aliphatic carbocycles. The summed E-state index contributed by atoms with van der Waals surface area (Å²) in [6.07, 6.45) is 0.417. The number of hydrogen-bond acceptors (Lipinski definition) is 6. The smallest absolute Gasteiger partial charge is 0.308 e. The van der Waals surface area contributed by atoms with Gasteiger partial charge in [0.1, 0.15) is 5.75 Å². The van der Waals surface area contributed by atoms with Gasteiger partial charge in [0.25, 0.3) is 5.91 Å². The molecule has 1 aliphatic heterocycles. The number of hydrogen-bond donors (Lipinski definition) is 0. The van der Waals surface area contributed by atoms with E-state index in [4.69, 9.17) is 19.3 Å². The lowest BCUT2D eigenvalue weighted by atomic mass is 9.95. The Labute approximate surface area is 214 Å². The summed E-state index contributed by atoms with van der Waals surface area (Å²) in [6, 6.07) is 25.8. The van der Waals surface area contributed by atoms with Crippen LogP contribution in [-0.2, 0) is 4.79 Å². The second-order valence-corrected chi connectivity index (χ2v) is 8.65. The minimum atomic E-state index is -0.426. The molecule has 0 bridgehead atoms. The number of carbonyl (C=O) groups is 2. The van der Waals surface area contributed by atoms with Gasteiger partial charge in [-0.1, -0.05) is 54.6 Å². The summed E-state index contributed by atoms with van der Waals surface area (Å²) in [5.74, 6) is 0.935. The zero-order valence-electron chi connectivity index (χ0n) is 20.8. The van der Waals surface area contributed by atoms with Crippen molar-refractivity contribution in [3.63, 3.8) is 0 Å². The molecule has 186 valence electrons. The first-order chi connectivity index (χ1) is 18.0. The summed E-state index contributed by atoms with van der Waals surface area (Å²) in [5, 5.41) is 8.04. The summed E-state index contributed by atoms with van der Waals surface area (Å²) in [5.41, 5.74) is 2.68. The fourth-order valence-corrected chi connectivity index (χ4v) is 4.62. The predicted molar refractivity (Wildman–Crippen MR) is 141 cm³/mol. The Morgan fingerprint density at radius 1 is 0.865 bits per heavy atom. The van der Waals surface area contributed by atoms with E-state index in [-0.39, 0.29) is 5.91 Å². The summed E-state index contributed by atoms with van der Waals surface area (Å²) < 4.78 is 16.6. The van der Waals surface area contributed by atoms with E-state index in [9.17, 15) is 9.59 Å². The highest BCUT2D eigenvalue weighted by Gasteiger charge is 2.35. The standard InChI is InChI=1S/C30H26N2O5/c1-19(33)37-29-23-12-8-7-9-20(23)13-15-24(29)25-18-26(22-14-16-27(35-2)28(17-22)36-3)32(31-25)30(34)21-10-5-4-6-11-21/h4-17,26H,18H2,1-3H3/t26-/m0/s1. The van der Waals surface area contributed by atoms with Crippen LogP contribution < -0.4 is 14.2 Å². The van der Waals surface area contributed by atoms with Gasteiger partial charge in [-0.15, -0.1) is 0 Å². The summed E-state index contributed by atoms with van der Waals surface area (Å²) in [4.78, 5) is 25.7. The van der Waals surface area contributed by atoms with Gasteiger partial charge in [-0.3, -0.25) is 9.59 Å². The number of benzene rings is 4. The topological polar surface area (TPSA) is 77.4 Å². The van der Waals surface area contributed by atoms with E-state index in [0.29, 0.717) is 40.5 Å². The maximum atomic E-state index is 13.6. The fraction of sp³-hybridized carbons (Fsp3) is 0.167. The van der Waals surface area contributed by atoms with Crippen molar-refractivity contribution in [1.29, 1.82) is 0 Å². The molecule has 7 nitrogen and oxygen atoms in total. The zero-order valence-corrected chi connectivity index (χ0v) is 20.8. The van der Waals surface area contributed by atoms with Crippen LogP contribution in [0.4, 0.5) is 0 Å². The minimum absolute atomic E-state index is 0.231. The first-order valence-corrected chi connectivity index (χ1v) is 11.9. The van der Waals surface area contributed by atoms with Gasteiger partial charge in [-0.2, -0.15) is 5.10 Å². The number of hydrazone groups is 1. The molecule has 1 heterocycles. The molecule has 1 aliphatic rings. The van der Waals surface area contributed by atoms with Gasteiger partial charge in [0.2, 0.25) is 0 Å². The Balaban J connectivity index is 1.64. The van der Waals surface area contributed by atoms with E-state index in [0.717, 1.165) is 16.3 Å². The number of ether oxygens (including phenoxy) is 3. The maximum Gasteiger partial charge on any atom is 0.308 e. The summed E-state index contributed by atoms with van der Waals surface area (Å²) in [7, 11) is 3.15. The van der Waals surface area contributed by atoms with Crippen LogP contribution in [0.1, 0.15) is 40.9 Å². The van der Waals surface area contributed by atoms with Gasteiger partial charge < -0.3 is 14.2 Å². The molecule has 37 heavy (non-hydrogen) atoms. The molecular formula is C30H26N2O5. The average molecular weight is 495 g/mol. The molecule has 0 fully saturated rings. The van der Waals surface area contributed by atoms with Crippen LogP contribution in [0.3, 0.4) is 0 Å². The molecule has 0 saturated heterocycles. The largest absolute Gasteiger partial charge is 0.493 e. The average Bonchev–Trinajstić information content (AvgIpc) is 3.38. The Morgan fingerprint density at radius 2 is 1.59 bits per heavy atom. The van der Waals surface area contributed by atoms with Crippen molar-refractivity contribution in [3.05, 3.63) is 102 Å². The molecule has 7 heteroatoms. The van der Waals surface area contributed by atoms with Crippen LogP contribution in [0.2, 0.25) is 0 Å². The van der Waals surface area contributed by atoms with Gasteiger partial charge in [0.05, 0.1) is 26.0 Å². The minimum Gasteiger partial charge on any atom is -0.493 e.